The molecule has 0 spiro atoms. The van der Waals surface area contributed by atoms with Crippen LogP contribution in [0.4, 0.5) is 0 Å². The molecule has 0 unspecified atom stereocenters. The van der Waals surface area contributed by atoms with Crippen molar-refractivity contribution in [1.82, 2.24) is 10.4 Å². The van der Waals surface area contributed by atoms with E-state index in [-0.39, 0.29) is 5.91 Å². The van der Waals surface area contributed by atoms with Crippen LogP contribution in [0.2, 0.25) is 0 Å². The largest absolute Gasteiger partial charge is 0.285 e. The Labute approximate surface area is 88.6 Å². The van der Waals surface area contributed by atoms with Crippen molar-refractivity contribution in [3.63, 3.8) is 0 Å². The summed E-state index contributed by atoms with van der Waals surface area (Å²) in [5.41, 5.74) is 4.30. The second kappa shape index (κ2) is 4.98. The fraction of sp³-hybridized carbons (Fsp3) is 0.300. The highest BCUT2D eigenvalue weighted by atomic mass is 35.5. The number of hydrazine groups is 1. The van der Waals surface area contributed by atoms with Gasteiger partial charge in [-0.2, -0.15) is 0 Å². The zero-order chi connectivity index (χ0) is 10.6. The van der Waals surface area contributed by atoms with Crippen LogP contribution in [0.3, 0.4) is 0 Å². The summed E-state index contributed by atoms with van der Waals surface area (Å²) >= 11 is 5.63. The van der Waals surface area contributed by atoms with E-state index < -0.39 is 0 Å². The predicted octanol–water partition coefficient (Wildman–Crippen LogP) is 1.63. The van der Waals surface area contributed by atoms with Gasteiger partial charge in [0.25, 0.3) is 5.91 Å². The Balaban J connectivity index is 2.71. The molecule has 1 amide bonds. The SMILES string of the molecule is CN(C)NC(=O)c1ccc(CCl)cc1. The lowest BCUT2D eigenvalue weighted by Gasteiger charge is -2.11. The Kier molecular flexibility index (Phi) is 3.92. The number of benzene rings is 1. The van der Waals surface area contributed by atoms with E-state index in [1.807, 2.05) is 12.1 Å². The van der Waals surface area contributed by atoms with Crippen LogP contribution in [0, 0.1) is 0 Å². The topological polar surface area (TPSA) is 32.3 Å². The smallest absolute Gasteiger partial charge is 0.265 e. The monoisotopic (exact) mass is 212 g/mol. The highest BCUT2D eigenvalue weighted by Gasteiger charge is 2.04. The maximum Gasteiger partial charge on any atom is 0.265 e. The van der Waals surface area contributed by atoms with Crippen molar-refractivity contribution in [1.29, 1.82) is 0 Å². The van der Waals surface area contributed by atoms with Crippen LogP contribution in [0.15, 0.2) is 24.3 Å². The first-order valence-electron chi connectivity index (χ1n) is 4.26. The predicted molar refractivity (Wildman–Crippen MR) is 57.2 cm³/mol. The van der Waals surface area contributed by atoms with Gasteiger partial charge in [0, 0.05) is 25.5 Å². The average Bonchev–Trinajstić information content (AvgIpc) is 2.17. The average molecular weight is 213 g/mol. The third-order valence-corrected chi connectivity index (χ3v) is 2.00. The minimum Gasteiger partial charge on any atom is -0.285 e. The van der Waals surface area contributed by atoms with Crippen LogP contribution in [0.25, 0.3) is 0 Å². The lowest BCUT2D eigenvalue weighted by atomic mass is 10.1. The molecule has 0 heterocycles. The van der Waals surface area contributed by atoms with E-state index in [0.717, 1.165) is 5.56 Å². The lowest BCUT2D eigenvalue weighted by molar-refractivity contribution is 0.0857. The molecule has 1 aromatic rings. The van der Waals surface area contributed by atoms with Crippen molar-refractivity contribution in [2.75, 3.05) is 14.1 Å². The molecule has 4 heteroatoms. The molecule has 0 saturated carbocycles. The van der Waals surface area contributed by atoms with E-state index in [0.29, 0.717) is 11.4 Å². The quantitative estimate of drug-likeness (QED) is 0.610. The van der Waals surface area contributed by atoms with Crippen LogP contribution in [0.1, 0.15) is 15.9 Å². The van der Waals surface area contributed by atoms with E-state index >= 15 is 0 Å². The first-order chi connectivity index (χ1) is 6.63. The van der Waals surface area contributed by atoms with E-state index in [1.54, 1.807) is 31.2 Å². The Morgan fingerprint density at radius 2 is 1.93 bits per heavy atom. The highest BCUT2D eigenvalue weighted by Crippen LogP contribution is 2.06. The Bertz CT molecular complexity index is 308. The van der Waals surface area contributed by atoms with Gasteiger partial charge in [-0.05, 0) is 17.7 Å². The van der Waals surface area contributed by atoms with Crippen LogP contribution >= 0.6 is 11.6 Å². The van der Waals surface area contributed by atoms with Crippen molar-refractivity contribution in [3.05, 3.63) is 35.4 Å². The molecule has 0 atom stereocenters. The van der Waals surface area contributed by atoms with Gasteiger partial charge in [0.15, 0.2) is 0 Å². The van der Waals surface area contributed by atoms with Gasteiger partial charge in [0.1, 0.15) is 0 Å². The van der Waals surface area contributed by atoms with Gasteiger partial charge >= 0.3 is 0 Å². The fourth-order valence-electron chi connectivity index (χ4n) is 1.01. The molecule has 1 N–H and O–H groups in total. The molecule has 0 fully saturated rings. The number of carbonyl (C=O) groups excluding carboxylic acids is 1. The number of alkyl halides is 1. The molecule has 14 heavy (non-hydrogen) atoms. The molecule has 0 bridgehead atoms. The molecule has 1 rings (SSSR count). The van der Waals surface area contributed by atoms with Crippen molar-refractivity contribution in [2.24, 2.45) is 0 Å². The number of hydrogen-bond donors (Lipinski definition) is 1. The molecule has 0 aliphatic rings. The number of amides is 1. The molecule has 0 saturated heterocycles. The van der Waals surface area contributed by atoms with Gasteiger partial charge in [-0.15, -0.1) is 11.6 Å². The van der Waals surface area contributed by atoms with Gasteiger partial charge < -0.3 is 0 Å². The third-order valence-electron chi connectivity index (χ3n) is 1.70. The van der Waals surface area contributed by atoms with Gasteiger partial charge in [-0.1, -0.05) is 12.1 Å². The normalized spacial score (nSPS) is 10.3. The summed E-state index contributed by atoms with van der Waals surface area (Å²) in [5.74, 6) is 0.353. The molecular formula is C10H13ClN2O. The number of carbonyl (C=O) groups is 1. The van der Waals surface area contributed by atoms with Gasteiger partial charge in [-0.25, -0.2) is 5.01 Å². The van der Waals surface area contributed by atoms with Crippen molar-refractivity contribution < 1.29 is 4.79 Å². The van der Waals surface area contributed by atoms with E-state index in [1.165, 1.54) is 0 Å². The molecule has 1 aromatic carbocycles. The zero-order valence-corrected chi connectivity index (χ0v) is 9.01. The fourth-order valence-corrected chi connectivity index (χ4v) is 1.19. The standard InChI is InChI=1S/C10H13ClN2O/c1-13(2)12-10(14)9-5-3-8(7-11)4-6-9/h3-6H,7H2,1-2H3,(H,12,14). The molecule has 3 nitrogen and oxygen atoms in total. The minimum atomic E-state index is -0.115. The molecular weight excluding hydrogens is 200 g/mol. The second-order valence-electron chi connectivity index (χ2n) is 3.17. The summed E-state index contributed by atoms with van der Waals surface area (Å²) in [4.78, 5) is 11.5. The summed E-state index contributed by atoms with van der Waals surface area (Å²) in [6.45, 7) is 0. The van der Waals surface area contributed by atoms with E-state index in [9.17, 15) is 4.79 Å². The molecule has 0 aliphatic heterocycles. The number of rotatable bonds is 3. The van der Waals surface area contributed by atoms with Crippen LogP contribution in [-0.4, -0.2) is 25.0 Å². The van der Waals surface area contributed by atoms with Gasteiger partial charge in [-0.3, -0.25) is 10.2 Å². The molecule has 0 aromatic heterocycles. The van der Waals surface area contributed by atoms with Gasteiger partial charge in [0.05, 0.1) is 0 Å². The van der Waals surface area contributed by atoms with Crippen LogP contribution in [0.5, 0.6) is 0 Å². The van der Waals surface area contributed by atoms with Crippen LogP contribution < -0.4 is 5.43 Å². The van der Waals surface area contributed by atoms with Crippen molar-refractivity contribution in [3.8, 4) is 0 Å². The zero-order valence-electron chi connectivity index (χ0n) is 8.25. The molecule has 0 aliphatic carbocycles. The molecule has 0 radical (unpaired) electrons. The summed E-state index contributed by atoms with van der Waals surface area (Å²) < 4.78 is 0. The Morgan fingerprint density at radius 3 is 2.36 bits per heavy atom. The lowest BCUT2D eigenvalue weighted by Crippen LogP contribution is -2.36. The Hall–Kier alpha value is -1.06. The van der Waals surface area contributed by atoms with E-state index in [4.69, 9.17) is 11.6 Å². The minimum absolute atomic E-state index is 0.115. The van der Waals surface area contributed by atoms with Crippen molar-refractivity contribution >= 4 is 17.5 Å². The number of halogens is 1. The number of nitrogens with one attached hydrogen (secondary N) is 1. The number of nitrogens with zero attached hydrogens (tertiary/aromatic N) is 1. The van der Waals surface area contributed by atoms with Gasteiger partial charge in [0.2, 0.25) is 0 Å². The van der Waals surface area contributed by atoms with Crippen LogP contribution in [-0.2, 0) is 5.88 Å². The maximum absolute atomic E-state index is 11.5. The van der Waals surface area contributed by atoms with E-state index in [2.05, 4.69) is 5.43 Å². The summed E-state index contributed by atoms with van der Waals surface area (Å²) in [6.07, 6.45) is 0. The summed E-state index contributed by atoms with van der Waals surface area (Å²) in [6, 6.07) is 7.21. The first-order valence-corrected chi connectivity index (χ1v) is 4.80. The van der Waals surface area contributed by atoms with Crippen molar-refractivity contribution in [2.45, 2.75) is 5.88 Å². The number of hydrogen-bond acceptors (Lipinski definition) is 2. The molecule has 76 valence electrons. The maximum atomic E-state index is 11.5. The summed E-state index contributed by atoms with van der Waals surface area (Å²) in [5, 5.41) is 1.61. The Morgan fingerprint density at radius 1 is 1.36 bits per heavy atom. The first kappa shape index (κ1) is 11.0. The summed E-state index contributed by atoms with van der Waals surface area (Å²) in [7, 11) is 3.54. The second-order valence-corrected chi connectivity index (χ2v) is 3.43. The third kappa shape index (κ3) is 3.01. The highest BCUT2D eigenvalue weighted by molar-refractivity contribution is 6.17.